The Morgan fingerprint density at radius 1 is 1.17 bits per heavy atom. The monoisotopic (exact) mass is 397 g/mol. The second-order valence-electron chi connectivity index (χ2n) is 6.83. The lowest BCUT2D eigenvalue weighted by molar-refractivity contribution is 0.0170. The molecule has 3 rings (SSSR count). The van der Waals surface area contributed by atoms with Crippen LogP contribution in [0.15, 0.2) is 53.7 Å². The summed E-state index contributed by atoms with van der Waals surface area (Å²) in [5, 5.41) is 6.84. The van der Waals surface area contributed by atoms with Crippen molar-refractivity contribution < 1.29 is 9.47 Å². The highest BCUT2D eigenvalue weighted by Gasteiger charge is 2.23. The maximum Gasteiger partial charge on any atom is 0.191 e. The van der Waals surface area contributed by atoms with E-state index in [-0.39, 0.29) is 6.04 Å². The summed E-state index contributed by atoms with van der Waals surface area (Å²) in [5.74, 6) is 1.66. The molecule has 0 amide bonds. The summed E-state index contributed by atoms with van der Waals surface area (Å²) >= 11 is 0. The third kappa shape index (κ3) is 6.44. The molecule has 1 aromatic heterocycles. The summed E-state index contributed by atoms with van der Waals surface area (Å²) in [6.45, 7) is 7.53. The van der Waals surface area contributed by atoms with Crippen molar-refractivity contribution in [2.75, 3.05) is 46.5 Å². The summed E-state index contributed by atoms with van der Waals surface area (Å²) in [4.78, 5) is 11.5. The molecule has 0 radical (unpaired) electrons. The molecule has 0 bridgehead atoms. The summed E-state index contributed by atoms with van der Waals surface area (Å²) in [5.41, 5.74) is 2.20. The highest BCUT2D eigenvalue weighted by Crippen LogP contribution is 2.23. The third-order valence-electron chi connectivity index (χ3n) is 4.92. The molecule has 1 aromatic carbocycles. The Bertz CT molecular complexity index is 746. The fraction of sp³-hybridized carbons (Fsp3) is 0.455. The van der Waals surface area contributed by atoms with Crippen LogP contribution >= 0.6 is 0 Å². The van der Waals surface area contributed by atoms with Crippen molar-refractivity contribution in [3.8, 4) is 5.75 Å². The predicted octanol–water partition coefficient (Wildman–Crippen LogP) is 2.22. The van der Waals surface area contributed by atoms with Crippen LogP contribution in [-0.4, -0.2) is 62.3 Å². The maximum atomic E-state index is 5.55. The van der Waals surface area contributed by atoms with Gasteiger partial charge in [0.05, 0.1) is 38.6 Å². The molecule has 2 heterocycles. The lowest BCUT2D eigenvalue weighted by Crippen LogP contribution is -2.46. The average molecular weight is 398 g/mol. The molecule has 7 heteroatoms. The van der Waals surface area contributed by atoms with Crippen LogP contribution in [0.5, 0.6) is 5.75 Å². The molecule has 1 unspecified atom stereocenters. The molecular formula is C22H31N5O2. The van der Waals surface area contributed by atoms with Gasteiger partial charge in [-0.3, -0.25) is 9.88 Å². The van der Waals surface area contributed by atoms with Gasteiger partial charge >= 0.3 is 0 Å². The first-order valence-electron chi connectivity index (χ1n) is 10.2. The normalized spacial score (nSPS) is 16.3. The lowest BCUT2D eigenvalue weighted by Gasteiger charge is -2.35. The van der Waals surface area contributed by atoms with Crippen molar-refractivity contribution >= 4 is 5.96 Å². The van der Waals surface area contributed by atoms with Gasteiger partial charge in [-0.2, -0.15) is 0 Å². The van der Waals surface area contributed by atoms with Gasteiger partial charge < -0.3 is 20.1 Å². The van der Waals surface area contributed by atoms with Gasteiger partial charge in [0.1, 0.15) is 5.75 Å². The van der Waals surface area contributed by atoms with E-state index in [2.05, 4.69) is 39.6 Å². The number of pyridine rings is 1. The highest BCUT2D eigenvalue weighted by molar-refractivity contribution is 5.79. The van der Waals surface area contributed by atoms with E-state index in [1.807, 2.05) is 30.3 Å². The first kappa shape index (κ1) is 21.1. The van der Waals surface area contributed by atoms with E-state index >= 15 is 0 Å². The molecule has 7 nitrogen and oxygen atoms in total. The molecule has 0 spiro atoms. The van der Waals surface area contributed by atoms with Crippen LogP contribution in [-0.2, 0) is 11.3 Å². The fourth-order valence-corrected chi connectivity index (χ4v) is 3.36. The molecule has 0 saturated carbocycles. The zero-order chi connectivity index (χ0) is 20.3. The summed E-state index contributed by atoms with van der Waals surface area (Å²) in [6.07, 6.45) is 1.79. The first-order valence-corrected chi connectivity index (χ1v) is 10.2. The van der Waals surface area contributed by atoms with E-state index in [1.54, 1.807) is 13.3 Å². The van der Waals surface area contributed by atoms with E-state index in [4.69, 9.17) is 14.5 Å². The van der Waals surface area contributed by atoms with E-state index in [0.29, 0.717) is 6.54 Å². The Hall–Kier alpha value is -2.64. The average Bonchev–Trinajstić information content (AvgIpc) is 2.79. The Labute approximate surface area is 173 Å². The minimum Gasteiger partial charge on any atom is -0.497 e. The molecular weight excluding hydrogens is 366 g/mol. The molecule has 0 aliphatic carbocycles. The highest BCUT2D eigenvalue weighted by atomic mass is 16.5. The van der Waals surface area contributed by atoms with Gasteiger partial charge in [0.15, 0.2) is 5.96 Å². The van der Waals surface area contributed by atoms with Crippen LogP contribution in [0.3, 0.4) is 0 Å². The van der Waals surface area contributed by atoms with E-state index < -0.39 is 0 Å². The fourth-order valence-electron chi connectivity index (χ4n) is 3.36. The summed E-state index contributed by atoms with van der Waals surface area (Å²) in [7, 11) is 1.69. The Morgan fingerprint density at radius 2 is 1.97 bits per heavy atom. The van der Waals surface area contributed by atoms with Crippen molar-refractivity contribution in [2.24, 2.45) is 4.99 Å². The Kier molecular flexibility index (Phi) is 8.27. The number of aliphatic imine (C=N–C) groups is 1. The van der Waals surface area contributed by atoms with Crippen molar-refractivity contribution in [2.45, 2.75) is 19.5 Å². The van der Waals surface area contributed by atoms with Crippen LogP contribution in [0.25, 0.3) is 0 Å². The van der Waals surface area contributed by atoms with Gasteiger partial charge in [-0.25, -0.2) is 4.99 Å². The zero-order valence-corrected chi connectivity index (χ0v) is 17.3. The summed E-state index contributed by atoms with van der Waals surface area (Å²) < 4.78 is 10.9. The number of nitrogens with zero attached hydrogens (tertiary/aromatic N) is 3. The maximum absolute atomic E-state index is 5.55. The van der Waals surface area contributed by atoms with Crippen molar-refractivity contribution in [3.05, 3.63) is 59.9 Å². The van der Waals surface area contributed by atoms with Crippen LogP contribution in [0.1, 0.15) is 24.2 Å². The molecule has 1 aliphatic rings. The van der Waals surface area contributed by atoms with Crippen LogP contribution in [0, 0.1) is 0 Å². The van der Waals surface area contributed by atoms with Gasteiger partial charge in [0.25, 0.3) is 0 Å². The van der Waals surface area contributed by atoms with E-state index in [0.717, 1.165) is 56.8 Å². The first-order chi connectivity index (χ1) is 14.3. The van der Waals surface area contributed by atoms with Crippen LogP contribution in [0.2, 0.25) is 0 Å². The number of morpholine rings is 1. The van der Waals surface area contributed by atoms with Gasteiger partial charge in [0, 0.05) is 32.4 Å². The van der Waals surface area contributed by atoms with Crippen LogP contribution in [0.4, 0.5) is 0 Å². The Balaban J connectivity index is 1.70. The minimum atomic E-state index is 0.225. The van der Waals surface area contributed by atoms with Crippen molar-refractivity contribution in [1.82, 2.24) is 20.5 Å². The predicted molar refractivity (Wildman–Crippen MR) is 115 cm³/mol. The number of aromatic nitrogens is 1. The molecule has 2 N–H and O–H groups in total. The molecule has 156 valence electrons. The second kappa shape index (κ2) is 11.4. The standard InChI is InChI=1S/C22H31N5O2/c1-3-23-22(25-16-19-6-4-5-11-24-19)26-17-21(27-12-14-29-15-13-27)18-7-9-20(28-2)10-8-18/h4-11,21H,3,12-17H2,1-2H3,(H2,23,25,26). The quantitative estimate of drug-likeness (QED) is 0.526. The number of guanidine groups is 1. The topological polar surface area (TPSA) is 71.0 Å². The molecule has 2 aromatic rings. The number of hydrogen-bond donors (Lipinski definition) is 2. The molecule has 1 saturated heterocycles. The molecule has 29 heavy (non-hydrogen) atoms. The van der Waals surface area contributed by atoms with E-state index in [1.165, 1.54) is 5.56 Å². The zero-order valence-electron chi connectivity index (χ0n) is 17.3. The molecule has 1 fully saturated rings. The van der Waals surface area contributed by atoms with Gasteiger partial charge in [0.2, 0.25) is 0 Å². The number of hydrogen-bond acceptors (Lipinski definition) is 5. The Morgan fingerprint density at radius 3 is 2.62 bits per heavy atom. The number of ether oxygens (including phenoxy) is 2. The SMILES string of the molecule is CCNC(=NCc1ccccn1)NCC(c1ccc(OC)cc1)N1CCOCC1. The molecule has 1 atom stereocenters. The van der Waals surface area contributed by atoms with Gasteiger partial charge in [-0.1, -0.05) is 18.2 Å². The van der Waals surface area contributed by atoms with Gasteiger partial charge in [-0.05, 0) is 36.8 Å². The van der Waals surface area contributed by atoms with Crippen molar-refractivity contribution in [1.29, 1.82) is 0 Å². The number of methoxy groups -OCH3 is 1. The van der Waals surface area contributed by atoms with E-state index in [9.17, 15) is 0 Å². The third-order valence-corrected chi connectivity index (χ3v) is 4.92. The largest absolute Gasteiger partial charge is 0.497 e. The number of benzene rings is 1. The van der Waals surface area contributed by atoms with Crippen molar-refractivity contribution in [3.63, 3.8) is 0 Å². The smallest absolute Gasteiger partial charge is 0.191 e. The van der Waals surface area contributed by atoms with Crippen LogP contribution < -0.4 is 15.4 Å². The minimum absolute atomic E-state index is 0.225. The van der Waals surface area contributed by atoms with Gasteiger partial charge in [-0.15, -0.1) is 0 Å². The summed E-state index contributed by atoms with van der Waals surface area (Å²) in [6, 6.07) is 14.4. The molecule has 1 aliphatic heterocycles. The number of rotatable bonds is 8. The number of nitrogens with one attached hydrogen (secondary N) is 2. The lowest BCUT2D eigenvalue weighted by atomic mass is 10.0. The second-order valence-corrected chi connectivity index (χ2v) is 6.83.